The fourth-order valence-electron chi connectivity index (χ4n) is 1.44. The lowest BCUT2D eigenvalue weighted by molar-refractivity contribution is 1.40. The maximum absolute atomic E-state index is 9.07. The molecule has 0 aliphatic carbocycles. The molecule has 0 saturated carbocycles. The Kier molecular flexibility index (Phi) is 2.44. The van der Waals surface area contributed by atoms with Gasteiger partial charge in [0.1, 0.15) is 6.07 Å². The molecular weight excluding hydrogens is 260 g/mol. The molecule has 2 N–H and O–H groups in total. The standard InChI is InChI=1S/C10H7BrN2S/c11-3-6-1-2-9-10(7(6)4-12)8(13)5-14-9/h1-2,5H,3,13H2. The number of fused-ring (bicyclic) bond motifs is 1. The van der Waals surface area contributed by atoms with Gasteiger partial charge in [0.25, 0.3) is 0 Å². The highest BCUT2D eigenvalue weighted by molar-refractivity contribution is 9.08. The molecule has 70 valence electrons. The third-order valence-electron chi connectivity index (χ3n) is 2.11. The molecule has 0 radical (unpaired) electrons. The van der Waals surface area contributed by atoms with E-state index in [0.717, 1.165) is 15.6 Å². The Morgan fingerprint density at radius 2 is 2.29 bits per heavy atom. The molecule has 0 aliphatic heterocycles. The molecule has 1 aromatic carbocycles. The SMILES string of the molecule is N#Cc1c(CBr)ccc2scc(N)c12. The van der Waals surface area contributed by atoms with Gasteiger partial charge in [-0.15, -0.1) is 11.3 Å². The number of thiophene rings is 1. The summed E-state index contributed by atoms with van der Waals surface area (Å²) >= 11 is 4.93. The summed E-state index contributed by atoms with van der Waals surface area (Å²) in [6.07, 6.45) is 0. The van der Waals surface area contributed by atoms with Crippen LogP contribution in [-0.4, -0.2) is 0 Å². The zero-order valence-electron chi connectivity index (χ0n) is 7.25. The van der Waals surface area contributed by atoms with Gasteiger partial charge in [-0.2, -0.15) is 5.26 Å². The lowest BCUT2D eigenvalue weighted by Crippen LogP contribution is -1.89. The summed E-state index contributed by atoms with van der Waals surface area (Å²) in [5, 5.41) is 12.5. The number of anilines is 1. The van der Waals surface area contributed by atoms with E-state index < -0.39 is 0 Å². The van der Waals surface area contributed by atoms with Gasteiger partial charge in [-0.05, 0) is 11.6 Å². The number of hydrogen-bond donors (Lipinski definition) is 1. The van der Waals surface area contributed by atoms with Crippen LogP contribution >= 0.6 is 27.3 Å². The van der Waals surface area contributed by atoms with Gasteiger partial charge in [-0.1, -0.05) is 22.0 Å². The number of halogens is 1. The van der Waals surface area contributed by atoms with Crippen LogP contribution in [0.5, 0.6) is 0 Å². The monoisotopic (exact) mass is 266 g/mol. The van der Waals surface area contributed by atoms with Crippen molar-refractivity contribution in [2.75, 3.05) is 5.73 Å². The Morgan fingerprint density at radius 1 is 1.50 bits per heavy atom. The molecule has 0 amide bonds. The Morgan fingerprint density at radius 3 is 2.93 bits per heavy atom. The van der Waals surface area contributed by atoms with Crippen LogP contribution in [0, 0.1) is 11.3 Å². The van der Waals surface area contributed by atoms with Crippen LogP contribution in [0.4, 0.5) is 5.69 Å². The summed E-state index contributed by atoms with van der Waals surface area (Å²) in [6.45, 7) is 0. The first-order valence-corrected chi connectivity index (χ1v) is 6.02. The second kappa shape index (κ2) is 3.60. The minimum Gasteiger partial charge on any atom is -0.398 e. The number of rotatable bonds is 1. The minimum absolute atomic E-state index is 0.682. The molecule has 4 heteroatoms. The molecule has 0 fully saturated rings. The summed E-state index contributed by atoms with van der Waals surface area (Å²) < 4.78 is 1.07. The molecule has 0 unspecified atom stereocenters. The predicted octanol–water partition coefficient (Wildman–Crippen LogP) is 3.25. The normalized spacial score (nSPS) is 10.3. The van der Waals surface area contributed by atoms with Crippen LogP contribution < -0.4 is 5.73 Å². The molecule has 1 heterocycles. The van der Waals surface area contributed by atoms with Crippen LogP contribution in [0.1, 0.15) is 11.1 Å². The summed E-state index contributed by atoms with van der Waals surface area (Å²) in [7, 11) is 0. The first-order chi connectivity index (χ1) is 6.77. The van der Waals surface area contributed by atoms with E-state index in [2.05, 4.69) is 22.0 Å². The van der Waals surface area contributed by atoms with Crippen molar-refractivity contribution in [3.63, 3.8) is 0 Å². The van der Waals surface area contributed by atoms with E-state index in [1.54, 1.807) is 11.3 Å². The Bertz CT molecular complexity index is 525. The molecule has 0 saturated heterocycles. The van der Waals surface area contributed by atoms with Crippen LogP contribution in [0.3, 0.4) is 0 Å². The summed E-state index contributed by atoms with van der Waals surface area (Å²) in [4.78, 5) is 0. The van der Waals surface area contributed by atoms with Crippen LogP contribution in [0.25, 0.3) is 10.1 Å². The average molecular weight is 267 g/mol. The Hall–Kier alpha value is -1.05. The third kappa shape index (κ3) is 1.29. The van der Waals surface area contributed by atoms with Crippen molar-refractivity contribution in [2.45, 2.75) is 5.33 Å². The van der Waals surface area contributed by atoms with Crippen molar-refractivity contribution in [2.24, 2.45) is 0 Å². The molecule has 0 bridgehead atoms. The van der Waals surface area contributed by atoms with Crippen LogP contribution in [0.2, 0.25) is 0 Å². The molecule has 0 atom stereocenters. The van der Waals surface area contributed by atoms with Crippen molar-refractivity contribution in [3.8, 4) is 6.07 Å². The maximum atomic E-state index is 9.07. The number of nitriles is 1. The first-order valence-electron chi connectivity index (χ1n) is 4.02. The second-order valence-corrected chi connectivity index (χ2v) is 4.38. The smallest absolute Gasteiger partial charge is 0.100 e. The lowest BCUT2D eigenvalue weighted by Gasteiger charge is -2.01. The van der Waals surface area contributed by atoms with E-state index in [1.807, 2.05) is 17.5 Å². The highest BCUT2D eigenvalue weighted by atomic mass is 79.9. The topological polar surface area (TPSA) is 49.8 Å². The van der Waals surface area contributed by atoms with Crippen molar-refractivity contribution in [1.29, 1.82) is 5.26 Å². The molecule has 0 spiro atoms. The van der Waals surface area contributed by atoms with Crippen LogP contribution in [0.15, 0.2) is 17.5 Å². The van der Waals surface area contributed by atoms with E-state index >= 15 is 0 Å². The van der Waals surface area contributed by atoms with E-state index in [0.29, 0.717) is 16.6 Å². The number of hydrogen-bond acceptors (Lipinski definition) is 3. The number of nitrogens with two attached hydrogens (primary N) is 1. The minimum atomic E-state index is 0.682. The molecule has 1 aromatic heterocycles. The predicted molar refractivity (Wildman–Crippen MR) is 63.6 cm³/mol. The summed E-state index contributed by atoms with van der Waals surface area (Å²) in [5.74, 6) is 0. The first kappa shape index (κ1) is 9.50. The van der Waals surface area contributed by atoms with Gasteiger partial charge in [-0.3, -0.25) is 0 Å². The van der Waals surface area contributed by atoms with E-state index in [9.17, 15) is 0 Å². The average Bonchev–Trinajstić information content (AvgIpc) is 2.59. The number of alkyl halides is 1. The largest absolute Gasteiger partial charge is 0.398 e. The van der Waals surface area contributed by atoms with E-state index in [4.69, 9.17) is 11.0 Å². The second-order valence-electron chi connectivity index (χ2n) is 2.91. The molecule has 2 aromatic rings. The van der Waals surface area contributed by atoms with Gasteiger partial charge in [0, 0.05) is 20.8 Å². The van der Waals surface area contributed by atoms with Crippen molar-refractivity contribution < 1.29 is 0 Å². The summed E-state index contributed by atoms with van der Waals surface area (Å²) in [6, 6.07) is 6.18. The fraction of sp³-hybridized carbons (Fsp3) is 0.100. The molecule has 14 heavy (non-hydrogen) atoms. The third-order valence-corrected chi connectivity index (χ3v) is 3.68. The van der Waals surface area contributed by atoms with Gasteiger partial charge in [0.2, 0.25) is 0 Å². The van der Waals surface area contributed by atoms with Gasteiger partial charge < -0.3 is 5.73 Å². The highest BCUT2D eigenvalue weighted by Crippen LogP contribution is 2.33. The van der Waals surface area contributed by atoms with Crippen molar-refractivity contribution >= 4 is 43.0 Å². The summed E-state index contributed by atoms with van der Waals surface area (Å²) in [5.41, 5.74) is 8.20. The van der Waals surface area contributed by atoms with Crippen LogP contribution in [-0.2, 0) is 5.33 Å². The van der Waals surface area contributed by atoms with Gasteiger partial charge >= 0.3 is 0 Å². The maximum Gasteiger partial charge on any atom is 0.100 e. The van der Waals surface area contributed by atoms with Gasteiger partial charge in [0.15, 0.2) is 0 Å². The van der Waals surface area contributed by atoms with Crippen molar-refractivity contribution in [1.82, 2.24) is 0 Å². The Balaban J connectivity index is 2.90. The molecule has 0 aliphatic rings. The van der Waals surface area contributed by atoms with Gasteiger partial charge in [0.05, 0.1) is 11.3 Å². The zero-order valence-corrected chi connectivity index (χ0v) is 9.65. The number of nitrogens with zero attached hydrogens (tertiary/aromatic N) is 1. The lowest BCUT2D eigenvalue weighted by atomic mass is 10.1. The number of nitrogen functional groups attached to an aromatic ring is 1. The highest BCUT2D eigenvalue weighted by Gasteiger charge is 2.10. The van der Waals surface area contributed by atoms with Gasteiger partial charge in [-0.25, -0.2) is 0 Å². The number of benzene rings is 1. The molecule has 2 rings (SSSR count). The fourth-order valence-corrected chi connectivity index (χ4v) is 2.76. The quantitative estimate of drug-likeness (QED) is 0.806. The molecular formula is C10H7BrN2S. The zero-order chi connectivity index (χ0) is 10.1. The Labute approximate surface area is 94.1 Å². The van der Waals surface area contributed by atoms with Crippen molar-refractivity contribution in [3.05, 3.63) is 28.6 Å². The molecule has 2 nitrogen and oxygen atoms in total. The van der Waals surface area contributed by atoms with E-state index in [-0.39, 0.29) is 0 Å². The van der Waals surface area contributed by atoms with E-state index in [1.165, 1.54) is 0 Å².